The van der Waals surface area contributed by atoms with E-state index in [-0.39, 0.29) is 12.5 Å². The van der Waals surface area contributed by atoms with E-state index in [0.29, 0.717) is 16.3 Å². The number of carbonyl (C=O) groups excluding carboxylic acids is 3. The van der Waals surface area contributed by atoms with Crippen molar-refractivity contribution in [2.45, 2.75) is 32.6 Å². The average Bonchev–Trinajstić information content (AvgIpc) is 3.07. The second-order valence-electron chi connectivity index (χ2n) is 6.65. The first-order valence-electron chi connectivity index (χ1n) is 9.33. The molecular formula is C21H21N3O4S. The van der Waals surface area contributed by atoms with Gasteiger partial charge in [0.05, 0.1) is 11.6 Å². The summed E-state index contributed by atoms with van der Waals surface area (Å²) in [5.74, 6) is -1.39. The first-order chi connectivity index (χ1) is 14.0. The van der Waals surface area contributed by atoms with Crippen LogP contribution in [0.15, 0.2) is 30.3 Å². The van der Waals surface area contributed by atoms with Crippen LogP contribution in [0.25, 0.3) is 0 Å². The molecule has 0 fully saturated rings. The number of nitrogens with zero attached hydrogens (tertiary/aromatic N) is 2. The van der Waals surface area contributed by atoms with E-state index in [2.05, 4.69) is 5.32 Å². The summed E-state index contributed by atoms with van der Waals surface area (Å²) in [4.78, 5) is 39.3. The van der Waals surface area contributed by atoms with Crippen molar-refractivity contribution in [2.75, 3.05) is 23.4 Å². The van der Waals surface area contributed by atoms with Crippen LogP contribution in [0.2, 0.25) is 0 Å². The lowest BCUT2D eigenvalue weighted by Crippen LogP contribution is -2.35. The van der Waals surface area contributed by atoms with E-state index < -0.39 is 18.5 Å². The largest absolute Gasteiger partial charge is 0.452 e. The third kappa shape index (κ3) is 4.81. The molecule has 2 aromatic rings. The predicted molar refractivity (Wildman–Crippen MR) is 110 cm³/mol. The maximum absolute atomic E-state index is 12.8. The molecule has 1 N–H and O–H groups in total. The molecule has 2 amide bonds. The normalized spacial score (nSPS) is 12.4. The Kier molecular flexibility index (Phi) is 6.62. The summed E-state index contributed by atoms with van der Waals surface area (Å²) >= 11 is 1.39. The van der Waals surface area contributed by atoms with Crippen molar-refractivity contribution >= 4 is 39.8 Å². The molecular weight excluding hydrogens is 390 g/mol. The second-order valence-corrected chi connectivity index (χ2v) is 7.75. The van der Waals surface area contributed by atoms with Crippen LogP contribution in [0.5, 0.6) is 0 Å². The molecule has 3 rings (SSSR count). The summed E-state index contributed by atoms with van der Waals surface area (Å²) in [7, 11) is 0. The number of esters is 1. The van der Waals surface area contributed by atoms with Crippen molar-refractivity contribution in [2.24, 2.45) is 0 Å². The third-order valence-electron chi connectivity index (χ3n) is 4.59. The van der Waals surface area contributed by atoms with Crippen LogP contribution >= 0.6 is 11.3 Å². The molecule has 1 aliphatic carbocycles. The van der Waals surface area contributed by atoms with Crippen LogP contribution in [0, 0.1) is 11.3 Å². The van der Waals surface area contributed by atoms with E-state index in [1.165, 1.54) is 23.2 Å². The number of aryl methyl sites for hydroxylation is 1. The van der Waals surface area contributed by atoms with E-state index in [1.807, 2.05) is 12.1 Å². The molecule has 0 atom stereocenters. The van der Waals surface area contributed by atoms with Gasteiger partial charge in [0.1, 0.15) is 11.5 Å². The summed E-state index contributed by atoms with van der Waals surface area (Å²) in [6, 6.07) is 10.7. The van der Waals surface area contributed by atoms with Crippen LogP contribution in [-0.4, -0.2) is 30.9 Å². The van der Waals surface area contributed by atoms with E-state index >= 15 is 0 Å². The summed E-state index contributed by atoms with van der Waals surface area (Å²) < 4.78 is 5.30. The van der Waals surface area contributed by atoms with Gasteiger partial charge in [-0.15, -0.1) is 11.3 Å². The van der Waals surface area contributed by atoms with Crippen LogP contribution in [0.4, 0.5) is 10.7 Å². The molecule has 0 saturated carbocycles. The fourth-order valence-electron chi connectivity index (χ4n) is 3.31. The van der Waals surface area contributed by atoms with Crippen molar-refractivity contribution in [1.29, 1.82) is 5.26 Å². The Bertz CT molecular complexity index is 962. The molecule has 1 aromatic carbocycles. The lowest BCUT2D eigenvalue weighted by atomic mass is 9.95. The van der Waals surface area contributed by atoms with Crippen molar-refractivity contribution in [3.8, 4) is 6.07 Å². The zero-order valence-electron chi connectivity index (χ0n) is 16.1. The fraction of sp³-hybridized carbons (Fsp3) is 0.333. The number of fused-ring (bicyclic) bond motifs is 1. The quantitative estimate of drug-likeness (QED) is 0.581. The van der Waals surface area contributed by atoms with Gasteiger partial charge in [-0.3, -0.25) is 14.5 Å². The fourth-order valence-corrected chi connectivity index (χ4v) is 4.63. The molecule has 1 aliphatic rings. The van der Waals surface area contributed by atoms with Gasteiger partial charge in [0.2, 0.25) is 5.91 Å². The Morgan fingerprint density at radius 1 is 1.21 bits per heavy atom. The zero-order valence-corrected chi connectivity index (χ0v) is 16.9. The lowest BCUT2D eigenvalue weighted by Gasteiger charge is -2.19. The Labute approximate surface area is 172 Å². The van der Waals surface area contributed by atoms with Crippen LogP contribution in [0.1, 0.15) is 40.6 Å². The van der Waals surface area contributed by atoms with Gasteiger partial charge in [-0.05, 0) is 43.4 Å². The number of rotatable bonds is 6. The molecule has 7 nitrogen and oxygen atoms in total. The van der Waals surface area contributed by atoms with Gasteiger partial charge >= 0.3 is 5.97 Å². The number of hydrogen-bond acceptors (Lipinski definition) is 6. The van der Waals surface area contributed by atoms with E-state index in [4.69, 9.17) is 10.00 Å². The predicted octanol–water partition coefficient (Wildman–Crippen LogP) is 3.30. The Morgan fingerprint density at radius 2 is 1.93 bits per heavy atom. The van der Waals surface area contributed by atoms with Crippen LogP contribution in [0.3, 0.4) is 0 Å². The van der Waals surface area contributed by atoms with E-state index in [0.717, 1.165) is 36.1 Å². The zero-order chi connectivity index (χ0) is 20.8. The minimum atomic E-state index is -0.633. The number of nitrogens with one attached hydrogen (secondary N) is 1. The molecule has 1 aromatic heterocycles. The highest BCUT2D eigenvalue weighted by Gasteiger charge is 2.28. The number of ether oxygens (including phenoxy) is 1. The molecule has 0 bridgehead atoms. The van der Waals surface area contributed by atoms with Crippen molar-refractivity contribution in [3.05, 3.63) is 46.3 Å². The number of nitriles is 1. The van der Waals surface area contributed by atoms with Gasteiger partial charge in [0.15, 0.2) is 6.61 Å². The Hall–Kier alpha value is -3.18. The number of benzene rings is 1. The number of thiophene rings is 1. The number of hydrogen-bond donors (Lipinski definition) is 1. The second kappa shape index (κ2) is 9.34. The summed E-state index contributed by atoms with van der Waals surface area (Å²) in [5, 5.41) is 12.2. The molecule has 0 radical (unpaired) electrons. The molecule has 0 saturated heterocycles. The number of amides is 2. The summed E-state index contributed by atoms with van der Waals surface area (Å²) in [5.41, 5.74) is 1.81. The minimum Gasteiger partial charge on any atom is -0.452 e. The Balaban J connectivity index is 1.76. The van der Waals surface area contributed by atoms with Gasteiger partial charge in [0, 0.05) is 17.5 Å². The third-order valence-corrected chi connectivity index (χ3v) is 5.80. The van der Waals surface area contributed by atoms with E-state index in [1.54, 1.807) is 24.3 Å². The molecule has 1 heterocycles. The summed E-state index contributed by atoms with van der Waals surface area (Å²) in [6.45, 7) is 0.752. The van der Waals surface area contributed by atoms with Gasteiger partial charge < -0.3 is 10.1 Å². The van der Waals surface area contributed by atoms with Crippen molar-refractivity contribution in [3.63, 3.8) is 0 Å². The van der Waals surface area contributed by atoms with Gasteiger partial charge in [-0.1, -0.05) is 18.2 Å². The van der Waals surface area contributed by atoms with Gasteiger partial charge in [-0.2, -0.15) is 5.26 Å². The molecule has 0 aliphatic heterocycles. The van der Waals surface area contributed by atoms with E-state index in [9.17, 15) is 14.4 Å². The highest BCUT2D eigenvalue weighted by molar-refractivity contribution is 7.17. The number of anilines is 2. The molecule has 0 spiro atoms. The highest BCUT2D eigenvalue weighted by atomic mass is 32.1. The van der Waals surface area contributed by atoms with Crippen LogP contribution < -0.4 is 10.2 Å². The highest BCUT2D eigenvalue weighted by Crippen LogP contribution is 2.38. The maximum Gasteiger partial charge on any atom is 0.341 e. The average molecular weight is 411 g/mol. The van der Waals surface area contributed by atoms with Crippen molar-refractivity contribution in [1.82, 2.24) is 0 Å². The van der Waals surface area contributed by atoms with Gasteiger partial charge in [0.25, 0.3) is 5.91 Å². The number of para-hydroxylation sites is 1. The SMILES string of the molecule is CC(=O)Nc1sc2c(c1C(=O)OCC(=O)N(CC#N)c1ccccc1)CCCC2. The smallest absolute Gasteiger partial charge is 0.341 e. The topological polar surface area (TPSA) is 99.5 Å². The minimum absolute atomic E-state index is 0.147. The number of carbonyl (C=O) groups is 3. The molecule has 0 unspecified atom stereocenters. The first-order valence-corrected chi connectivity index (χ1v) is 10.1. The summed E-state index contributed by atoms with van der Waals surface area (Å²) in [6.07, 6.45) is 3.61. The molecule has 29 heavy (non-hydrogen) atoms. The molecule has 150 valence electrons. The van der Waals surface area contributed by atoms with Crippen LogP contribution in [-0.2, 0) is 27.2 Å². The lowest BCUT2D eigenvalue weighted by molar-refractivity contribution is -0.121. The first kappa shape index (κ1) is 20.6. The Morgan fingerprint density at radius 3 is 2.62 bits per heavy atom. The maximum atomic E-state index is 12.8. The molecule has 8 heteroatoms. The van der Waals surface area contributed by atoms with Crippen molar-refractivity contribution < 1.29 is 19.1 Å². The standard InChI is InChI=1S/C21H21N3O4S/c1-14(25)23-20-19(16-9-5-6-10-17(16)29-20)21(27)28-13-18(26)24(12-11-22)15-7-3-2-4-8-15/h2-4,7-8H,5-6,9-10,12-13H2,1H3,(H,23,25). The monoisotopic (exact) mass is 411 g/mol. The van der Waals surface area contributed by atoms with Gasteiger partial charge in [-0.25, -0.2) is 4.79 Å².